The maximum Gasteiger partial charge on any atom is 0.303 e. The number of methoxy groups -OCH3 is 1. The van der Waals surface area contributed by atoms with E-state index in [1.807, 2.05) is 91.0 Å². The number of fused-ring (bicyclic) bond motifs is 2. The molecule has 68 heavy (non-hydrogen) atoms. The Balaban J connectivity index is 1.16. The minimum absolute atomic E-state index is 0.0264. The van der Waals surface area contributed by atoms with Crippen LogP contribution in [0, 0.1) is 0 Å². The van der Waals surface area contributed by atoms with Gasteiger partial charge in [-0.2, -0.15) is 0 Å². The quantitative estimate of drug-likeness (QED) is 0.0791. The maximum absolute atomic E-state index is 14.7. The van der Waals surface area contributed by atoms with E-state index in [0.717, 1.165) is 16.0 Å². The van der Waals surface area contributed by atoms with Crippen LogP contribution in [0.5, 0.6) is 11.5 Å². The van der Waals surface area contributed by atoms with Crippen molar-refractivity contribution in [1.82, 2.24) is 4.90 Å². The van der Waals surface area contributed by atoms with E-state index in [1.54, 1.807) is 48.5 Å². The molecule has 16 nitrogen and oxygen atoms in total. The van der Waals surface area contributed by atoms with Gasteiger partial charge in [-0.1, -0.05) is 103 Å². The minimum Gasteiger partial charge on any atom is -0.497 e. The van der Waals surface area contributed by atoms with Gasteiger partial charge >= 0.3 is 11.9 Å². The molecule has 11 atom stereocenters. The first kappa shape index (κ1) is 46.6. The highest BCUT2D eigenvalue weighted by Crippen LogP contribution is 2.42. The van der Waals surface area contributed by atoms with Crippen LogP contribution in [-0.2, 0) is 65.4 Å². The molecule has 3 saturated heterocycles. The van der Waals surface area contributed by atoms with Gasteiger partial charge < -0.3 is 52.1 Å². The lowest BCUT2D eigenvalue weighted by molar-refractivity contribution is -0.379. The lowest BCUT2D eigenvalue weighted by Gasteiger charge is -2.52. The van der Waals surface area contributed by atoms with Gasteiger partial charge in [0.2, 0.25) is 6.29 Å². The minimum atomic E-state index is -1.50. The van der Waals surface area contributed by atoms with Crippen molar-refractivity contribution in [3.63, 3.8) is 0 Å². The van der Waals surface area contributed by atoms with Gasteiger partial charge in [-0.25, -0.2) is 0 Å². The van der Waals surface area contributed by atoms with Crippen molar-refractivity contribution in [3.8, 4) is 11.5 Å². The van der Waals surface area contributed by atoms with Crippen LogP contribution < -0.4 is 9.47 Å². The molecule has 1 unspecified atom stereocenters. The van der Waals surface area contributed by atoms with E-state index in [2.05, 4.69) is 0 Å². The first-order valence-corrected chi connectivity index (χ1v) is 22.3. The number of ether oxygens (including phenoxy) is 11. The number of benzene rings is 5. The highest BCUT2D eigenvalue weighted by Gasteiger charge is 2.60. The van der Waals surface area contributed by atoms with Gasteiger partial charge in [0.25, 0.3) is 11.8 Å². The summed E-state index contributed by atoms with van der Waals surface area (Å²) in [5, 5.41) is 0. The summed E-state index contributed by atoms with van der Waals surface area (Å²) in [5.41, 5.74) is 2.65. The average Bonchev–Trinajstić information content (AvgIpc) is 3.61. The molecule has 0 aliphatic carbocycles. The maximum atomic E-state index is 14.7. The predicted molar refractivity (Wildman–Crippen MR) is 239 cm³/mol. The van der Waals surface area contributed by atoms with Crippen LogP contribution in [0.15, 0.2) is 140 Å². The van der Waals surface area contributed by atoms with E-state index in [0.29, 0.717) is 17.1 Å². The Labute approximate surface area is 392 Å². The Hall–Kier alpha value is -6.50. The monoisotopic (exact) mass is 929 g/mol. The molecule has 2 amide bonds. The van der Waals surface area contributed by atoms with E-state index in [1.165, 1.54) is 21.0 Å². The summed E-state index contributed by atoms with van der Waals surface area (Å²) in [5.74, 6) is -1.74. The second-order valence-corrected chi connectivity index (χ2v) is 16.6. The van der Waals surface area contributed by atoms with Crippen molar-refractivity contribution in [1.29, 1.82) is 0 Å². The number of nitrogens with zero attached hydrogens (tertiary/aromatic N) is 1. The van der Waals surface area contributed by atoms with Crippen LogP contribution in [0.3, 0.4) is 0 Å². The van der Waals surface area contributed by atoms with Crippen molar-refractivity contribution in [2.24, 2.45) is 0 Å². The molecule has 0 bridgehead atoms. The molecule has 0 N–H and O–H groups in total. The fraction of sp³-hybridized carbons (Fsp3) is 0.346. The van der Waals surface area contributed by atoms with E-state index >= 15 is 0 Å². The highest BCUT2D eigenvalue weighted by atomic mass is 16.8. The molecular formula is C52H51NO15. The number of rotatable bonds is 16. The molecular weight excluding hydrogens is 879 g/mol. The molecule has 4 aliphatic rings. The van der Waals surface area contributed by atoms with Gasteiger partial charge in [-0.3, -0.25) is 24.1 Å². The zero-order chi connectivity index (χ0) is 47.1. The number of amides is 2. The van der Waals surface area contributed by atoms with E-state index in [9.17, 15) is 19.2 Å². The number of hydrogen-bond donors (Lipinski definition) is 0. The van der Waals surface area contributed by atoms with E-state index in [4.69, 9.17) is 52.1 Å². The fourth-order valence-corrected chi connectivity index (χ4v) is 8.88. The molecule has 0 saturated carbocycles. The third kappa shape index (κ3) is 10.3. The zero-order valence-electron chi connectivity index (χ0n) is 37.5. The predicted octanol–water partition coefficient (Wildman–Crippen LogP) is 6.35. The lowest BCUT2D eigenvalue weighted by atomic mass is 9.93. The largest absolute Gasteiger partial charge is 0.497 e. The Morgan fingerprint density at radius 3 is 1.81 bits per heavy atom. The molecule has 5 aromatic rings. The summed E-state index contributed by atoms with van der Waals surface area (Å²) >= 11 is 0. The van der Waals surface area contributed by atoms with Crippen LogP contribution in [0.1, 0.15) is 57.5 Å². The van der Waals surface area contributed by atoms with Crippen molar-refractivity contribution in [2.75, 3.05) is 20.3 Å². The normalized spacial score (nSPS) is 27.7. The van der Waals surface area contributed by atoms with Gasteiger partial charge in [0, 0.05) is 19.4 Å². The molecule has 3 fully saturated rings. The number of hydrogen-bond acceptors (Lipinski definition) is 15. The van der Waals surface area contributed by atoms with Crippen LogP contribution in [0.2, 0.25) is 0 Å². The summed E-state index contributed by atoms with van der Waals surface area (Å²) in [6, 6.07) is 39.8. The van der Waals surface area contributed by atoms with Crippen LogP contribution in [-0.4, -0.2) is 110 Å². The number of imide groups is 1. The second-order valence-electron chi connectivity index (χ2n) is 16.6. The van der Waals surface area contributed by atoms with Gasteiger partial charge in [0.05, 0.1) is 44.7 Å². The third-order valence-electron chi connectivity index (χ3n) is 12.0. The van der Waals surface area contributed by atoms with Crippen molar-refractivity contribution in [3.05, 3.63) is 167 Å². The lowest BCUT2D eigenvalue weighted by Crippen LogP contribution is -2.71. The molecule has 0 spiro atoms. The van der Waals surface area contributed by atoms with Gasteiger partial charge in [-0.15, -0.1) is 0 Å². The molecule has 354 valence electrons. The summed E-state index contributed by atoms with van der Waals surface area (Å²) < 4.78 is 70.6. The van der Waals surface area contributed by atoms with Crippen LogP contribution in [0.25, 0.3) is 0 Å². The third-order valence-corrected chi connectivity index (χ3v) is 12.0. The Bertz CT molecular complexity index is 2480. The van der Waals surface area contributed by atoms with E-state index < -0.39 is 91.4 Å². The molecule has 16 heteroatoms. The molecule has 0 radical (unpaired) electrons. The first-order chi connectivity index (χ1) is 33.1. The van der Waals surface area contributed by atoms with Crippen LogP contribution in [0.4, 0.5) is 0 Å². The molecule has 5 aromatic carbocycles. The van der Waals surface area contributed by atoms with E-state index in [-0.39, 0.29) is 37.6 Å². The Kier molecular flexibility index (Phi) is 14.5. The van der Waals surface area contributed by atoms with Crippen molar-refractivity contribution in [2.45, 2.75) is 94.7 Å². The summed E-state index contributed by atoms with van der Waals surface area (Å²) in [7, 11) is 1.54. The smallest absolute Gasteiger partial charge is 0.303 e. The topological polar surface area (TPSA) is 173 Å². The zero-order valence-corrected chi connectivity index (χ0v) is 37.5. The average molecular weight is 930 g/mol. The fourth-order valence-electron chi connectivity index (χ4n) is 8.88. The molecule has 9 rings (SSSR count). The van der Waals surface area contributed by atoms with Crippen molar-refractivity contribution >= 4 is 23.8 Å². The number of carbonyl (C=O) groups is 4. The first-order valence-electron chi connectivity index (χ1n) is 22.3. The number of esters is 2. The Morgan fingerprint density at radius 1 is 0.618 bits per heavy atom. The summed E-state index contributed by atoms with van der Waals surface area (Å²) in [6.45, 7) is 2.41. The molecule has 0 aromatic heterocycles. The highest BCUT2D eigenvalue weighted by molar-refractivity contribution is 6.21. The second kappa shape index (κ2) is 21.2. The van der Waals surface area contributed by atoms with Crippen LogP contribution >= 0.6 is 0 Å². The van der Waals surface area contributed by atoms with Gasteiger partial charge in [0.1, 0.15) is 48.1 Å². The summed E-state index contributed by atoms with van der Waals surface area (Å²) in [6.07, 6.45) is -12.2. The van der Waals surface area contributed by atoms with Gasteiger partial charge in [0.15, 0.2) is 24.8 Å². The Morgan fingerprint density at radius 2 is 1.19 bits per heavy atom. The summed E-state index contributed by atoms with van der Waals surface area (Å²) in [4.78, 5) is 56.4. The van der Waals surface area contributed by atoms with Crippen molar-refractivity contribution < 1.29 is 71.3 Å². The SMILES string of the molecule is COc1ccc(O[C@@H]2O[C@@H]3COC(c4ccccc4)O[C@H]3[C@H](O[C@H]3O[C@H](COCc4ccccc4)[C@H](OC(C)=O)[C@H](OC(C)=O)[C@H]3OCc3ccccc3)[C@H]2N2C(=O)c3ccccc3C2=O)cc1. The van der Waals surface area contributed by atoms with Gasteiger partial charge in [-0.05, 0) is 47.5 Å². The standard InChI is InChI=1S/C52H51NO15/c1-31(54)62-44-40(29-59-27-33-15-7-4-8-16-33)66-52(47(46(44)63-32(2)55)60-28-34-17-9-5-10-18-34)68-45-42(53-48(56)38-21-13-14-22-39(38)49(53)57)51(64-37-25-23-36(58-3)24-26-37)65-41-30-61-50(67-43(41)45)35-19-11-6-12-20-35/h4-26,40-47,50-52H,27-30H2,1-3H3/t40-,41-,42-,43-,44+,45-,46+,47-,50?,51-,52-/m1/s1. The molecule has 4 heterocycles. The molecule has 4 aliphatic heterocycles. The number of carbonyl (C=O) groups excluding carboxylic acids is 4.